The number of rotatable bonds is 3. The highest BCUT2D eigenvalue weighted by atomic mass is 16.5. The molecule has 0 saturated heterocycles. The quantitative estimate of drug-likeness (QED) is 0.739. The zero-order valence-corrected chi connectivity index (χ0v) is 13.2. The number of tetrazole rings is 1. The van der Waals surface area contributed by atoms with Gasteiger partial charge in [0, 0.05) is 0 Å². The van der Waals surface area contributed by atoms with E-state index in [0.717, 1.165) is 30.2 Å². The fraction of sp³-hybridized carbons (Fsp3) is 0.375. The Labute approximate surface area is 133 Å². The van der Waals surface area contributed by atoms with Crippen molar-refractivity contribution in [3.8, 4) is 5.75 Å². The van der Waals surface area contributed by atoms with Crippen molar-refractivity contribution in [1.82, 2.24) is 25.3 Å². The van der Waals surface area contributed by atoms with Crippen molar-refractivity contribution < 1.29 is 4.74 Å². The molecule has 0 atom stereocenters. The summed E-state index contributed by atoms with van der Waals surface area (Å²) in [4.78, 5) is 2.14. The topological polar surface area (TPSA) is 68.4 Å². The van der Waals surface area contributed by atoms with Gasteiger partial charge in [-0.2, -0.15) is 0 Å². The number of aromatic nitrogens is 5. The largest absolute Gasteiger partial charge is 0.490 e. The SMILES string of the molecule is CC(C)Cc1ccc2c(c1)OCCN2c1ccc2nnnn2n1. The summed E-state index contributed by atoms with van der Waals surface area (Å²) < 4.78 is 7.30. The van der Waals surface area contributed by atoms with Crippen LogP contribution in [-0.4, -0.2) is 38.4 Å². The minimum atomic E-state index is 0.622. The van der Waals surface area contributed by atoms with Crippen molar-refractivity contribution in [3.05, 3.63) is 35.9 Å². The standard InChI is InChI=1S/C16H18N6O/c1-11(2)9-12-3-4-13-14(10-12)23-8-7-21(13)16-6-5-15-17-19-20-22(15)18-16/h3-6,10-11H,7-9H2,1-2H3. The predicted octanol–water partition coefficient (Wildman–Crippen LogP) is 2.25. The second-order valence-electron chi connectivity index (χ2n) is 6.12. The lowest BCUT2D eigenvalue weighted by atomic mass is 10.0. The maximum Gasteiger partial charge on any atom is 0.200 e. The van der Waals surface area contributed by atoms with Gasteiger partial charge in [-0.15, -0.1) is 14.8 Å². The van der Waals surface area contributed by atoms with Crippen LogP contribution in [0.4, 0.5) is 11.5 Å². The summed E-state index contributed by atoms with van der Waals surface area (Å²) in [6.07, 6.45) is 1.05. The van der Waals surface area contributed by atoms with E-state index in [4.69, 9.17) is 4.74 Å². The molecule has 23 heavy (non-hydrogen) atoms. The average Bonchev–Trinajstić information content (AvgIpc) is 3.01. The van der Waals surface area contributed by atoms with E-state index in [2.05, 4.69) is 57.6 Å². The van der Waals surface area contributed by atoms with Gasteiger partial charge in [0.1, 0.15) is 12.4 Å². The minimum absolute atomic E-state index is 0.622. The lowest BCUT2D eigenvalue weighted by Crippen LogP contribution is -2.29. The smallest absolute Gasteiger partial charge is 0.200 e. The molecule has 7 nitrogen and oxygen atoms in total. The van der Waals surface area contributed by atoms with Gasteiger partial charge in [0.05, 0.1) is 12.2 Å². The Balaban J connectivity index is 1.71. The number of benzene rings is 1. The summed E-state index contributed by atoms with van der Waals surface area (Å²) in [6, 6.07) is 10.2. The Morgan fingerprint density at radius 1 is 1.22 bits per heavy atom. The number of anilines is 2. The molecule has 1 aliphatic rings. The van der Waals surface area contributed by atoms with E-state index in [0.29, 0.717) is 18.2 Å². The summed E-state index contributed by atoms with van der Waals surface area (Å²) in [7, 11) is 0. The monoisotopic (exact) mass is 310 g/mol. The van der Waals surface area contributed by atoms with Gasteiger partial charge in [-0.25, -0.2) is 0 Å². The molecule has 0 saturated carbocycles. The molecule has 3 aromatic rings. The second kappa shape index (κ2) is 5.49. The molecule has 1 aliphatic heterocycles. The summed E-state index contributed by atoms with van der Waals surface area (Å²) in [5.74, 6) is 2.34. The lowest BCUT2D eigenvalue weighted by Gasteiger charge is -2.30. The molecule has 4 rings (SSSR count). The number of hydrogen-bond acceptors (Lipinski definition) is 6. The van der Waals surface area contributed by atoms with Gasteiger partial charge in [0.15, 0.2) is 11.5 Å². The van der Waals surface area contributed by atoms with E-state index in [1.807, 2.05) is 12.1 Å². The molecule has 0 radical (unpaired) electrons. The van der Waals surface area contributed by atoms with Crippen molar-refractivity contribution >= 4 is 17.2 Å². The first-order valence-corrected chi connectivity index (χ1v) is 7.79. The highest BCUT2D eigenvalue weighted by Crippen LogP contribution is 2.36. The van der Waals surface area contributed by atoms with Crippen LogP contribution in [0.3, 0.4) is 0 Å². The van der Waals surface area contributed by atoms with Gasteiger partial charge < -0.3 is 9.64 Å². The van der Waals surface area contributed by atoms with Gasteiger partial charge in [-0.1, -0.05) is 19.9 Å². The molecule has 0 amide bonds. The molecule has 2 aromatic heterocycles. The second-order valence-corrected chi connectivity index (χ2v) is 6.12. The van der Waals surface area contributed by atoms with E-state index in [-0.39, 0.29) is 0 Å². The van der Waals surface area contributed by atoms with Crippen molar-refractivity contribution in [2.24, 2.45) is 5.92 Å². The van der Waals surface area contributed by atoms with Crippen LogP contribution in [0.1, 0.15) is 19.4 Å². The van der Waals surface area contributed by atoms with Crippen molar-refractivity contribution in [2.75, 3.05) is 18.1 Å². The Hall–Kier alpha value is -2.70. The number of nitrogens with zero attached hydrogens (tertiary/aromatic N) is 6. The van der Waals surface area contributed by atoms with E-state index < -0.39 is 0 Å². The summed E-state index contributed by atoms with van der Waals surface area (Å²) in [5.41, 5.74) is 2.96. The Kier molecular flexibility index (Phi) is 3.33. The van der Waals surface area contributed by atoms with Crippen LogP contribution in [0.25, 0.3) is 5.65 Å². The molecular weight excluding hydrogens is 292 g/mol. The molecular formula is C16H18N6O. The van der Waals surface area contributed by atoms with E-state index in [9.17, 15) is 0 Å². The zero-order chi connectivity index (χ0) is 15.8. The molecule has 0 unspecified atom stereocenters. The molecule has 0 aliphatic carbocycles. The lowest BCUT2D eigenvalue weighted by molar-refractivity contribution is 0.313. The number of hydrogen-bond donors (Lipinski definition) is 0. The Morgan fingerprint density at radius 2 is 2.13 bits per heavy atom. The van der Waals surface area contributed by atoms with Crippen LogP contribution >= 0.6 is 0 Å². The average molecular weight is 310 g/mol. The number of ether oxygens (including phenoxy) is 1. The molecule has 0 spiro atoms. The van der Waals surface area contributed by atoms with Crippen LogP contribution in [-0.2, 0) is 6.42 Å². The summed E-state index contributed by atoms with van der Waals surface area (Å²) in [5, 5.41) is 15.9. The van der Waals surface area contributed by atoms with E-state index >= 15 is 0 Å². The molecule has 0 N–H and O–H groups in total. The molecule has 3 heterocycles. The highest BCUT2D eigenvalue weighted by molar-refractivity contribution is 5.69. The molecule has 0 fully saturated rings. The minimum Gasteiger partial charge on any atom is -0.490 e. The van der Waals surface area contributed by atoms with Crippen LogP contribution in [0.5, 0.6) is 5.75 Å². The Bertz CT molecular complexity index is 843. The first-order valence-electron chi connectivity index (χ1n) is 7.79. The van der Waals surface area contributed by atoms with Crippen LogP contribution in [0.2, 0.25) is 0 Å². The van der Waals surface area contributed by atoms with E-state index in [1.54, 1.807) is 0 Å². The molecule has 7 heteroatoms. The third-order valence-corrected chi connectivity index (χ3v) is 3.86. The van der Waals surface area contributed by atoms with Crippen LogP contribution < -0.4 is 9.64 Å². The first-order chi connectivity index (χ1) is 11.2. The maximum absolute atomic E-state index is 5.85. The van der Waals surface area contributed by atoms with Gasteiger partial charge in [-0.3, -0.25) is 0 Å². The van der Waals surface area contributed by atoms with Gasteiger partial charge in [0.25, 0.3) is 0 Å². The molecule has 1 aromatic carbocycles. The normalized spacial score (nSPS) is 14.1. The van der Waals surface area contributed by atoms with Gasteiger partial charge in [-0.05, 0) is 52.6 Å². The van der Waals surface area contributed by atoms with Gasteiger partial charge >= 0.3 is 0 Å². The Morgan fingerprint density at radius 3 is 3.00 bits per heavy atom. The van der Waals surface area contributed by atoms with Crippen molar-refractivity contribution in [2.45, 2.75) is 20.3 Å². The first kappa shape index (κ1) is 13.9. The predicted molar refractivity (Wildman–Crippen MR) is 86.1 cm³/mol. The van der Waals surface area contributed by atoms with Crippen LogP contribution in [0, 0.1) is 5.92 Å². The van der Waals surface area contributed by atoms with Crippen LogP contribution in [0.15, 0.2) is 30.3 Å². The summed E-state index contributed by atoms with van der Waals surface area (Å²) >= 11 is 0. The van der Waals surface area contributed by atoms with E-state index in [1.165, 1.54) is 10.2 Å². The van der Waals surface area contributed by atoms with Crippen molar-refractivity contribution in [1.29, 1.82) is 0 Å². The fourth-order valence-electron chi connectivity index (χ4n) is 2.88. The number of fused-ring (bicyclic) bond motifs is 2. The highest BCUT2D eigenvalue weighted by Gasteiger charge is 2.21. The molecule has 118 valence electrons. The zero-order valence-electron chi connectivity index (χ0n) is 13.2. The van der Waals surface area contributed by atoms with Gasteiger partial charge in [0.2, 0.25) is 0 Å². The maximum atomic E-state index is 5.85. The third-order valence-electron chi connectivity index (χ3n) is 3.86. The third kappa shape index (κ3) is 2.58. The molecule has 0 bridgehead atoms. The fourth-order valence-corrected chi connectivity index (χ4v) is 2.88. The summed E-state index contributed by atoms with van der Waals surface area (Å²) in [6.45, 7) is 5.82. The van der Waals surface area contributed by atoms with Crippen molar-refractivity contribution in [3.63, 3.8) is 0 Å².